The van der Waals surface area contributed by atoms with Crippen molar-refractivity contribution in [3.05, 3.63) is 0 Å². The largest absolute Gasteiger partial charge is 0.395 e. The van der Waals surface area contributed by atoms with Crippen LogP contribution in [0, 0.1) is 11.8 Å². The van der Waals surface area contributed by atoms with Crippen LogP contribution in [0.3, 0.4) is 0 Å². The molecule has 0 heterocycles. The van der Waals surface area contributed by atoms with Gasteiger partial charge in [-0.2, -0.15) is 0 Å². The molecule has 0 aromatic rings. The lowest BCUT2D eigenvalue weighted by atomic mass is 9.78. The summed E-state index contributed by atoms with van der Waals surface area (Å²) in [6.45, 7) is 8.33. The third-order valence-electron chi connectivity index (χ3n) is 4.23. The first kappa shape index (κ1) is 16.9. The van der Waals surface area contributed by atoms with E-state index in [4.69, 9.17) is 10.2 Å². The van der Waals surface area contributed by atoms with Crippen molar-refractivity contribution in [2.24, 2.45) is 11.8 Å². The number of nitrogens with one attached hydrogen (secondary N) is 1. The lowest BCUT2D eigenvalue weighted by molar-refractivity contribution is 0.109. The second kappa shape index (κ2) is 9.70. The normalized spacial score (nSPS) is 27.9. The highest BCUT2D eigenvalue weighted by atomic mass is 16.3. The fourth-order valence-corrected chi connectivity index (χ4v) is 3.21. The summed E-state index contributed by atoms with van der Waals surface area (Å²) in [6, 6.07) is 0.607. The van der Waals surface area contributed by atoms with Crippen molar-refractivity contribution >= 4 is 0 Å². The molecule has 1 aliphatic rings. The maximum absolute atomic E-state index is 9.11. The lowest BCUT2D eigenvalue weighted by Gasteiger charge is -2.38. The third-order valence-corrected chi connectivity index (χ3v) is 4.23. The number of aliphatic hydroxyl groups is 2. The van der Waals surface area contributed by atoms with E-state index in [9.17, 15) is 0 Å². The first-order valence-electron chi connectivity index (χ1n) is 7.88. The topological polar surface area (TPSA) is 55.7 Å². The van der Waals surface area contributed by atoms with Gasteiger partial charge in [0.1, 0.15) is 0 Å². The summed E-state index contributed by atoms with van der Waals surface area (Å²) in [6.07, 6.45) is 5.01. The van der Waals surface area contributed by atoms with Crippen molar-refractivity contribution in [2.75, 3.05) is 39.4 Å². The number of hydrogen-bond acceptors (Lipinski definition) is 4. The van der Waals surface area contributed by atoms with Crippen molar-refractivity contribution < 1.29 is 10.2 Å². The van der Waals surface area contributed by atoms with Gasteiger partial charge in [0.2, 0.25) is 0 Å². The predicted molar refractivity (Wildman–Crippen MR) is 79.2 cm³/mol. The fourth-order valence-electron chi connectivity index (χ4n) is 3.21. The van der Waals surface area contributed by atoms with Crippen molar-refractivity contribution in [1.29, 1.82) is 0 Å². The van der Waals surface area contributed by atoms with Gasteiger partial charge in [-0.3, -0.25) is 4.90 Å². The summed E-state index contributed by atoms with van der Waals surface area (Å²) in [5.41, 5.74) is 0. The average Bonchev–Trinajstić information content (AvgIpc) is 2.38. The van der Waals surface area contributed by atoms with E-state index in [2.05, 4.69) is 24.1 Å². The van der Waals surface area contributed by atoms with E-state index >= 15 is 0 Å². The van der Waals surface area contributed by atoms with Gasteiger partial charge in [-0.25, -0.2) is 0 Å². The van der Waals surface area contributed by atoms with E-state index in [-0.39, 0.29) is 13.2 Å². The lowest BCUT2D eigenvalue weighted by Crippen LogP contribution is -2.46. The molecule has 1 aliphatic carbocycles. The van der Waals surface area contributed by atoms with Gasteiger partial charge in [0.05, 0.1) is 13.2 Å². The van der Waals surface area contributed by atoms with Crippen molar-refractivity contribution in [1.82, 2.24) is 10.2 Å². The van der Waals surface area contributed by atoms with Crippen molar-refractivity contribution in [2.45, 2.75) is 45.6 Å². The maximum Gasteiger partial charge on any atom is 0.0558 e. The Morgan fingerprint density at radius 3 is 2.42 bits per heavy atom. The number of aliphatic hydroxyl groups excluding tert-OH is 2. The van der Waals surface area contributed by atoms with Crippen LogP contribution in [0.2, 0.25) is 0 Å². The predicted octanol–water partition coefficient (Wildman–Crippen LogP) is 1.08. The van der Waals surface area contributed by atoms with Crippen LogP contribution >= 0.6 is 0 Å². The molecule has 0 bridgehead atoms. The molecule has 0 aromatic heterocycles. The van der Waals surface area contributed by atoms with Gasteiger partial charge in [-0.05, 0) is 44.1 Å². The molecule has 0 saturated heterocycles. The van der Waals surface area contributed by atoms with Crippen LogP contribution in [0.25, 0.3) is 0 Å². The number of hydrogen-bond donors (Lipinski definition) is 3. The minimum absolute atomic E-state index is 0.176. The Bertz CT molecular complexity index is 218. The summed E-state index contributed by atoms with van der Waals surface area (Å²) in [4.78, 5) is 2.20. The monoisotopic (exact) mass is 272 g/mol. The maximum atomic E-state index is 9.11. The average molecular weight is 272 g/mol. The van der Waals surface area contributed by atoms with Gasteiger partial charge in [-0.1, -0.05) is 13.8 Å². The molecule has 1 saturated carbocycles. The molecule has 4 nitrogen and oxygen atoms in total. The molecule has 0 spiro atoms. The molecule has 114 valence electrons. The van der Waals surface area contributed by atoms with Crippen LogP contribution in [0.15, 0.2) is 0 Å². The van der Waals surface area contributed by atoms with Crippen molar-refractivity contribution in [3.63, 3.8) is 0 Å². The van der Waals surface area contributed by atoms with Crippen LogP contribution in [0.1, 0.15) is 39.5 Å². The molecule has 3 unspecified atom stereocenters. The number of nitrogens with zero attached hydrogens (tertiary/aromatic N) is 1. The Morgan fingerprint density at radius 1 is 1.16 bits per heavy atom. The van der Waals surface area contributed by atoms with E-state index in [1.54, 1.807) is 0 Å². The zero-order valence-electron chi connectivity index (χ0n) is 12.6. The molecule has 19 heavy (non-hydrogen) atoms. The van der Waals surface area contributed by atoms with Crippen molar-refractivity contribution in [3.8, 4) is 0 Å². The number of rotatable bonds is 9. The Kier molecular flexibility index (Phi) is 8.62. The second-order valence-electron chi connectivity index (χ2n) is 5.99. The Hall–Kier alpha value is -0.160. The summed E-state index contributed by atoms with van der Waals surface area (Å²) < 4.78 is 0. The van der Waals surface area contributed by atoms with E-state index < -0.39 is 0 Å². The minimum Gasteiger partial charge on any atom is -0.395 e. The molecule has 0 amide bonds. The highest BCUT2D eigenvalue weighted by Crippen LogP contribution is 2.29. The zero-order chi connectivity index (χ0) is 14.1. The van der Waals surface area contributed by atoms with Crippen LogP contribution in [-0.2, 0) is 0 Å². The second-order valence-corrected chi connectivity index (χ2v) is 5.99. The summed E-state index contributed by atoms with van der Waals surface area (Å²) in [7, 11) is 0. The molecule has 1 fully saturated rings. The van der Waals surface area contributed by atoms with Gasteiger partial charge in [-0.15, -0.1) is 0 Å². The fraction of sp³-hybridized carbons (Fsp3) is 1.00. The summed E-state index contributed by atoms with van der Waals surface area (Å²) in [5, 5.41) is 21.9. The standard InChI is InChI=1S/C15H32N2O2/c1-3-6-16-15-5-4-13(2)11-14(15)12-17(7-9-18)8-10-19/h13-16,18-19H,3-12H2,1-2H3. The Morgan fingerprint density at radius 2 is 1.84 bits per heavy atom. The van der Waals surface area contributed by atoms with Gasteiger partial charge in [0.15, 0.2) is 0 Å². The molecule has 3 N–H and O–H groups in total. The molecule has 0 aliphatic heterocycles. The molecule has 3 atom stereocenters. The zero-order valence-corrected chi connectivity index (χ0v) is 12.6. The highest BCUT2D eigenvalue weighted by molar-refractivity contribution is 4.85. The molecule has 0 aromatic carbocycles. The minimum atomic E-state index is 0.176. The van der Waals surface area contributed by atoms with E-state index in [0.29, 0.717) is 25.0 Å². The van der Waals surface area contributed by atoms with E-state index in [1.165, 1.54) is 25.7 Å². The Balaban J connectivity index is 2.51. The summed E-state index contributed by atoms with van der Waals surface area (Å²) in [5.74, 6) is 1.45. The van der Waals surface area contributed by atoms with Gasteiger partial charge in [0, 0.05) is 25.7 Å². The molecule has 1 rings (SSSR count). The first-order valence-corrected chi connectivity index (χ1v) is 7.88. The van der Waals surface area contributed by atoms with Crippen LogP contribution < -0.4 is 5.32 Å². The molecular weight excluding hydrogens is 240 g/mol. The molecule has 4 heteroatoms. The smallest absolute Gasteiger partial charge is 0.0558 e. The molecule has 0 radical (unpaired) electrons. The van der Waals surface area contributed by atoms with E-state index in [1.807, 2.05) is 0 Å². The van der Waals surface area contributed by atoms with Crippen LogP contribution in [0.4, 0.5) is 0 Å². The molecular formula is C15H32N2O2. The third kappa shape index (κ3) is 6.21. The van der Waals surface area contributed by atoms with Gasteiger partial charge < -0.3 is 15.5 Å². The van der Waals surface area contributed by atoms with Gasteiger partial charge >= 0.3 is 0 Å². The quantitative estimate of drug-likeness (QED) is 0.588. The van der Waals surface area contributed by atoms with Gasteiger partial charge in [0.25, 0.3) is 0 Å². The first-order chi connectivity index (χ1) is 9.21. The van der Waals surface area contributed by atoms with Crippen LogP contribution in [-0.4, -0.2) is 60.5 Å². The van der Waals surface area contributed by atoms with E-state index in [0.717, 1.165) is 19.0 Å². The summed E-state index contributed by atoms with van der Waals surface area (Å²) >= 11 is 0. The highest BCUT2D eigenvalue weighted by Gasteiger charge is 2.29. The van der Waals surface area contributed by atoms with Crippen LogP contribution in [0.5, 0.6) is 0 Å². The SMILES string of the molecule is CCCNC1CCC(C)CC1CN(CCO)CCO. The Labute approximate surface area is 118 Å².